The van der Waals surface area contributed by atoms with Gasteiger partial charge in [0.05, 0.1) is 4.88 Å². The minimum atomic E-state index is 0. The molecular formula is C12H21ClN2OS. The van der Waals surface area contributed by atoms with E-state index in [0.717, 1.165) is 11.3 Å². The molecule has 3 nitrogen and oxygen atoms in total. The Morgan fingerprint density at radius 1 is 1.59 bits per heavy atom. The number of hydrogen-bond donors (Lipinski definition) is 1. The topological polar surface area (TPSA) is 46.3 Å². The van der Waals surface area contributed by atoms with Gasteiger partial charge in [-0.1, -0.05) is 6.92 Å². The second kappa shape index (κ2) is 6.99. The third-order valence-corrected chi connectivity index (χ3v) is 4.24. The molecule has 0 saturated carbocycles. The van der Waals surface area contributed by atoms with Gasteiger partial charge in [-0.25, -0.2) is 0 Å². The van der Waals surface area contributed by atoms with Gasteiger partial charge in [0.25, 0.3) is 5.91 Å². The molecule has 98 valence electrons. The highest BCUT2D eigenvalue weighted by Gasteiger charge is 2.19. The normalized spacial score (nSPS) is 11.8. The maximum absolute atomic E-state index is 12.1. The Balaban J connectivity index is 0.00000256. The molecule has 17 heavy (non-hydrogen) atoms. The number of carbonyl (C=O) groups excluding carboxylic acids is 1. The summed E-state index contributed by atoms with van der Waals surface area (Å²) in [6, 6.07) is 2.06. The third-order valence-electron chi connectivity index (χ3n) is 2.88. The van der Waals surface area contributed by atoms with Crippen molar-refractivity contribution in [3.8, 4) is 0 Å². The van der Waals surface area contributed by atoms with Gasteiger partial charge in [0, 0.05) is 24.5 Å². The van der Waals surface area contributed by atoms with Crippen LogP contribution in [0.15, 0.2) is 6.07 Å². The molecule has 0 bridgehead atoms. The SMILES string of the molecule is CCc1sc(C(=O)N(C)C(C)CN)cc1C.Cl. The third kappa shape index (κ3) is 3.69. The molecule has 1 amide bonds. The molecule has 0 aliphatic rings. The number of rotatable bonds is 4. The van der Waals surface area contributed by atoms with Crippen LogP contribution < -0.4 is 5.73 Å². The fourth-order valence-electron chi connectivity index (χ4n) is 1.51. The molecule has 1 unspecified atom stereocenters. The van der Waals surface area contributed by atoms with Crippen LogP contribution in [0.25, 0.3) is 0 Å². The number of halogens is 1. The molecule has 0 saturated heterocycles. The van der Waals surface area contributed by atoms with Crippen LogP contribution >= 0.6 is 23.7 Å². The van der Waals surface area contributed by atoms with E-state index in [1.807, 2.05) is 13.0 Å². The lowest BCUT2D eigenvalue weighted by atomic mass is 10.2. The van der Waals surface area contributed by atoms with E-state index in [4.69, 9.17) is 5.73 Å². The molecule has 1 aromatic heterocycles. The van der Waals surface area contributed by atoms with E-state index in [1.165, 1.54) is 10.4 Å². The number of nitrogens with zero attached hydrogens (tertiary/aromatic N) is 1. The molecule has 0 radical (unpaired) electrons. The van der Waals surface area contributed by atoms with Gasteiger partial charge in [0.2, 0.25) is 0 Å². The zero-order chi connectivity index (χ0) is 12.3. The molecular weight excluding hydrogens is 256 g/mol. The minimum absolute atomic E-state index is 0. The van der Waals surface area contributed by atoms with Crippen molar-refractivity contribution in [2.75, 3.05) is 13.6 Å². The van der Waals surface area contributed by atoms with Crippen LogP contribution in [0.3, 0.4) is 0 Å². The van der Waals surface area contributed by atoms with E-state index < -0.39 is 0 Å². The Hall–Kier alpha value is -0.580. The average molecular weight is 277 g/mol. The molecule has 1 rings (SSSR count). The van der Waals surface area contributed by atoms with Crippen molar-refractivity contribution in [1.82, 2.24) is 4.90 Å². The Morgan fingerprint density at radius 2 is 2.18 bits per heavy atom. The monoisotopic (exact) mass is 276 g/mol. The zero-order valence-corrected chi connectivity index (χ0v) is 12.5. The largest absolute Gasteiger partial charge is 0.337 e. The Labute approximate surface area is 113 Å². The Kier molecular flexibility index (Phi) is 6.75. The first kappa shape index (κ1) is 16.4. The maximum atomic E-state index is 12.1. The summed E-state index contributed by atoms with van der Waals surface area (Å²) in [6.45, 7) is 6.62. The summed E-state index contributed by atoms with van der Waals surface area (Å²) >= 11 is 1.59. The van der Waals surface area contributed by atoms with Crippen molar-refractivity contribution < 1.29 is 4.79 Å². The Morgan fingerprint density at radius 3 is 2.59 bits per heavy atom. The summed E-state index contributed by atoms with van der Waals surface area (Å²) in [5.74, 6) is 0.0748. The van der Waals surface area contributed by atoms with Crippen LogP contribution in [0.4, 0.5) is 0 Å². The second-order valence-electron chi connectivity index (χ2n) is 4.07. The fourth-order valence-corrected chi connectivity index (χ4v) is 2.61. The van der Waals surface area contributed by atoms with Crippen molar-refractivity contribution in [2.45, 2.75) is 33.2 Å². The minimum Gasteiger partial charge on any atom is -0.337 e. The number of amides is 1. The van der Waals surface area contributed by atoms with Gasteiger partial charge in [-0.2, -0.15) is 0 Å². The highest BCUT2D eigenvalue weighted by molar-refractivity contribution is 7.14. The number of carbonyl (C=O) groups is 1. The molecule has 0 fully saturated rings. The summed E-state index contributed by atoms with van der Waals surface area (Å²) in [5.41, 5.74) is 6.77. The summed E-state index contributed by atoms with van der Waals surface area (Å²) in [7, 11) is 1.81. The molecule has 2 N–H and O–H groups in total. The Bertz CT molecular complexity index is 379. The first-order chi connectivity index (χ1) is 7.51. The smallest absolute Gasteiger partial charge is 0.263 e. The average Bonchev–Trinajstić information content (AvgIpc) is 2.67. The standard InChI is InChI=1S/C12H20N2OS.ClH/c1-5-10-8(2)6-11(16-10)12(15)14(4)9(3)7-13;/h6,9H,5,7,13H2,1-4H3;1H. The van der Waals surface area contributed by atoms with E-state index in [9.17, 15) is 4.79 Å². The van der Waals surface area contributed by atoms with Crippen molar-refractivity contribution in [2.24, 2.45) is 5.73 Å². The summed E-state index contributed by atoms with van der Waals surface area (Å²) in [5, 5.41) is 0. The molecule has 0 aromatic carbocycles. The number of hydrogen-bond acceptors (Lipinski definition) is 3. The van der Waals surface area contributed by atoms with Gasteiger partial charge < -0.3 is 10.6 Å². The van der Waals surface area contributed by atoms with E-state index in [1.54, 1.807) is 23.3 Å². The molecule has 1 aromatic rings. The molecule has 5 heteroatoms. The van der Waals surface area contributed by atoms with Crippen LogP contribution in [0.1, 0.15) is 34.0 Å². The van der Waals surface area contributed by atoms with Crippen molar-refractivity contribution in [3.05, 3.63) is 21.4 Å². The van der Waals surface area contributed by atoms with Crippen LogP contribution in [0, 0.1) is 6.92 Å². The lowest BCUT2D eigenvalue weighted by molar-refractivity contribution is 0.0753. The van der Waals surface area contributed by atoms with Gasteiger partial charge in [-0.15, -0.1) is 23.7 Å². The number of aryl methyl sites for hydroxylation is 2. The van der Waals surface area contributed by atoms with Gasteiger partial charge in [0.1, 0.15) is 0 Å². The number of likely N-dealkylation sites (N-methyl/N-ethyl adjacent to an activating group) is 1. The first-order valence-corrected chi connectivity index (χ1v) is 6.39. The van der Waals surface area contributed by atoms with Crippen molar-refractivity contribution >= 4 is 29.7 Å². The molecule has 0 spiro atoms. The van der Waals surface area contributed by atoms with E-state index in [-0.39, 0.29) is 24.4 Å². The number of thiophene rings is 1. The quantitative estimate of drug-likeness (QED) is 0.918. The van der Waals surface area contributed by atoms with Crippen LogP contribution in [0.2, 0.25) is 0 Å². The predicted molar refractivity (Wildman–Crippen MR) is 76.3 cm³/mol. The highest BCUT2D eigenvalue weighted by atomic mass is 35.5. The lowest BCUT2D eigenvalue weighted by Crippen LogP contribution is -2.39. The van der Waals surface area contributed by atoms with Crippen molar-refractivity contribution in [3.63, 3.8) is 0 Å². The summed E-state index contributed by atoms with van der Waals surface area (Å²) < 4.78 is 0. The fraction of sp³-hybridized carbons (Fsp3) is 0.583. The van der Waals surface area contributed by atoms with Gasteiger partial charge >= 0.3 is 0 Å². The maximum Gasteiger partial charge on any atom is 0.263 e. The molecule has 1 heterocycles. The van der Waals surface area contributed by atoms with Crippen molar-refractivity contribution in [1.29, 1.82) is 0 Å². The zero-order valence-electron chi connectivity index (χ0n) is 10.8. The molecule has 0 aliphatic carbocycles. The lowest BCUT2D eigenvalue weighted by Gasteiger charge is -2.22. The summed E-state index contributed by atoms with van der Waals surface area (Å²) in [6.07, 6.45) is 0.986. The second-order valence-corrected chi connectivity index (χ2v) is 5.21. The summed E-state index contributed by atoms with van der Waals surface area (Å²) in [4.78, 5) is 15.9. The molecule has 1 atom stereocenters. The van der Waals surface area contributed by atoms with E-state index in [0.29, 0.717) is 6.54 Å². The van der Waals surface area contributed by atoms with E-state index >= 15 is 0 Å². The van der Waals surface area contributed by atoms with Crippen LogP contribution in [-0.4, -0.2) is 30.4 Å². The van der Waals surface area contributed by atoms with Crippen LogP contribution in [-0.2, 0) is 6.42 Å². The highest BCUT2D eigenvalue weighted by Crippen LogP contribution is 2.23. The van der Waals surface area contributed by atoms with Crippen LogP contribution in [0.5, 0.6) is 0 Å². The molecule has 0 aliphatic heterocycles. The van der Waals surface area contributed by atoms with Gasteiger partial charge in [0.15, 0.2) is 0 Å². The first-order valence-electron chi connectivity index (χ1n) is 5.57. The predicted octanol–water partition coefficient (Wildman–Crippen LogP) is 2.46. The van der Waals surface area contributed by atoms with E-state index in [2.05, 4.69) is 13.8 Å². The van der Waals surface area contributed by atoms with Gasteiger partial charge in [-0.3, -0.25) is 4.79 Å². The van der Waals surface area contributed by atoms with Gasteiger partial charge in [-0.05, 0) is 31.9 Å². The number of nitrogens with two attached hydrogens (primary N) is 1.